The second-order valence-electron chi connectivity index (χ2n) is 5.71. The predicted octanol–water partition coefficient (Wildman–Crippen LogP) is 1.86. The van der Waals surface area contributed by atoms with Crippen molar-refractivity contribution in [3.05, 3.63) is 29.1 Å². The molecule has 0 saturated carbocycles. The molecule has 1 aromatic carbocycles. The van der Waals surface area contributed by atoms with Gasteiger partial charge in [-0.05, 0) is 50.1 Å². The Kier molecular flexibility index (Phi) is 10.3. The Hall–Kier alpha value is -0.440. The van der Waals surface area contributed by atoms with E-state index in [1.807, 2.05) is 0 Å². The molecule has 9 heteroatoms. The lowest BCUT2D eigenvalue weighted by molar-refractivity contribution is 0.239. The van der Waals surface area contributed by atoms with E-state index in [-0.39, 0.29) is 35.5 Å². The molecule has 1 heterocycles. The smallest absolute Gasteiger partial charge is 0.240 e. The number of benzene rings is 1. The molecule has 1 saturated heterocycles. The van der Waals surface area contributed by atoms with Gasteiger partial charge in [-0.3, -0.25) is 0 Å². The number of sulfonamides is 1. The summed E-state index contributed by atoms with van der Waals surface area (Å²) in [7, 11) is -3.57. The Balaban J connectivity index is 0.00000264. The van der Waals surface area contributed by atoms with Crippen LogP contribution in [0.2, 0.25) is 0 Å². The van der Waals surface area contributed by atoms with Gasteiger partial charge in [0.2, 0.25) is 10.0 Å². The second kappa shape index (κ2) is 10.5. The van der Waals surface area contributed by atoms with E-state index in [2.05, 4.69) is 14.9 Å². The molecule has 0 aromatic heterocycles. The number of halogens is 3. The fraction of sp³-hybridized carbons (Fsp3) is 0.600. The molecule has 0 bridgehead atoms. The molecular weight excluding hydrogens is 376 g/mol. The quantitative estimate of drug-likeness (QED) is 0.714. The molecule has 2 N–H and O–H groups in total. The molecule has 0 unspecified atom stereocenters. The third-order valence-corrected chi connectivity index (χ3v) is 5.31. The molecule has 140 valence electrons. The fourth-order valence-corrected chi connectivity index (χ4v) is 3.83. The maximum absolute atomic E-state index is 13.6. The Morgan fingerprint density at radius 2 is 1.71 bits per heavy atom. The Morgan fingerprint density at radius 3 is 2.25 bits per heavy atom. The van der Waals surface area contributed by atoms with Crippen LogP contribution in [-0.4, -0.2) is 52.6 Å². The van der Waals surface area contributed by atoms with Gasteiger partial charge in [0, 0.05) is 32.7 Å². The van der Waals surface area contributed by atoms with Crippen molar-refractivity contribution in [2.75, 3.05) is 39.3 Å². The molecule has 2 rings (SSSR count). The first kappa shape index (κ1) is 23.6. The van der Waals surface area contributed by atoms with Gasteiger partial charge >= 0.3 is 0 Å². The van der Waals surface area contributed by atoms with Crippen molar-refractivity contribution in [3.63, 3.8) is 0 Å². The van der Waals surface area contributed by atoms with Crippen molar-refractivity contribution in [1.29, 1.82) is 0 Å². The minimum absolute atomic E-state index is 0. The number of aryl methyl sites for hydroxylation is 2. The van der Waals surface area contributed by atoms with E-state index >= 15 is 0 Å². The summed E-state index contributed by atoms with van der Waals surface area (Å²) in [6.45, 7) is 8.40. The zero-order valence-corrected chi connectivity index (χ0v) is 16.4. The van der Waals surface area contributed by atoms with Crippen LogP contribution in [0.25, 0.3) is 0 Å². The molecule has 0 spiro atoms. The fourth-order valence-electron chi connectivity index (χ4n) is 2.59. The molecule has 0 aliphatic carbocycles. The lowest BCUT2D eigenvalue weighted by atomic mass is 10.1. The normalized spacial score (nSPS) is 15.5. The van der Waals surface area contributed by atoms with Crippen LogP contribution in [0.15, 0.2) is 17.0 Å². The maximum Gasteiger partial charge on any atom is 0.240 e. The van der Waals surface area contributed by atoms with Crippen molar-refractivity contribution in [1.82, 2.24) is 14.9 Å². The standard InChI is InChI=1S/C15H24FN3O2S.2ClH/c1-12-10-14(11-13(2)15(12)16)22(20,21)18-4-3-7-19-8-5-17-6-9-19;;/h10-11,17-18H,3-9H2,1-2H3;2*1H. The van der Waals surface area contributed by atoms with Gasteiger partial charge < -0.3 is 10.2 Å². The highest BCUT2D eigenvalue weighted by atomic mass is 35.5. The number of nitrogens with zero attached hydrogens (tertiary/aromatic N) is 1. The van der Waals surface area contributed by atoms with Gasteiger partial charge in [0.1, 0.15) is 5.82 Å². The van der Waals surface area contributed by atoms with Crippen molar-refractivity contribution in [2.24, 2.45) is 0 Å². The van der Waals surface area contributed by atoms with Gasteiger partial charge in [-0.15, -0.1) is 24.8 Å². The summed E-state index contributed by atoms with van der Waals surface area (Å²) in [6.07, 6.45) is 0.762. The Bertz CT molecular complexity index is 600. The summed E-state index contributed by atoms with van der Waals surface area (Å²) in [6, 6.07) is 2.75. The first-order valence-electron chi connectivity index (χ1n) is 7.59. The van der Waals surface area contributed by atoms with E-state index in [1.165, 1.54) is 12.1 Å². The van der Waals surface area contributed by atoms with Crippen molar-refractivity contribution in [3.8, 4) is 0 Å². The minimum Gasteiger partial charge on any atom is -0.314 e. The molecule has 24 heavy (non-hydrogen) atoms. The average Bonchev–Trinajstić information content (AvgIpc) is 2.50. The summed E-state index contributed by atoms with van der Waals surface area (Å²) in [4.78, 5) is 2.45. The van der Waals surface area contributed by atoms with Crippen LogP contribution in [0.1, 0.15) is 17.5 Å². The summed E-state index contributed by atoms with van der Waals surface area (Å²) in [5.74, 6) is -0.349. The molecule has 1 fully saturated rings. The van der Waals surface area contributed by atoms with Crippen LogP contribution < -0.4 is 10.0 Å². The summed E-state index contributed by atoms with van der Waals surface area (Å²) >= 11 is 0. The van der Waals surface area contributed by atoms with Gasteiger partial charge in [0.05, 0.1) is 4.90 Å². The van der Waals surface area contributed by atoms with E-state index in [0.29, 0.717) is 17.7 Å². The average molecular weight is 402 g/mol. The number of rotatable bonds is 6. The maximum atomic E-state index is 13.6. The van der Waals surface area contributed by atoms with Crippen molar-refractivity contribution in [2.45, 2.75) is 25.2 Å². The van der Waals surface area contributed by atoms with E-state index in [1.54, 1.807) is 13.8 Å². The number of hydrogen-bond donors (Lipinski definition) is 2. The minimum atomic E-state index is -3.57. The van der Waals surface area contributed by atoms with Crippen LogP contribution >= 0.6 is 24.8 Å². The van der Waals surface area contributed by atoms with Crippen LogP contribution in [0, 0.1) is 19.7 Å². The molecule has 1 aliphatic heterocycles. The zero-order chi connectivity index (χ0) is 16.2. The SMILES string of the molecule is Cc1cc(S(=O)(=O)NCCCN2CCNCC2)cc(C)c1F.Cl.Cl. The van der Waals surface area contributed by atoms with Crippen LogP contribution in [0.5, 0.6) is 0 Å². The molecular formula is C15H26Cl2FN3O2S. The predicted molar refractivity (Wildman–Crippen MR) is 99.5 cm³/mol. The van der Waals surface area contributed by atoms with Crippen LogP contribution in [0.4, 0.5) is 4.39 Å². The lowest BCUT2D eigenvalue weighted by Gasteiger charge is -2.27. The van der Waals surface area contributed by atoms with Crippen molar-refractivity contribution >= 4 is 34.8 Å². The highest BCUT2D eigenvalue weighted by molar-refractivity contribution is 7.89. The topological polar surface area (TPSA) is 61.4 Å². The number of nitrogens with one attached hydrogen (secondary N) is 2. The van der Waals surface area contributed by atoms with Crippen molar-refractivity contribution < 1.29 is 12.8 Å². The van der Waals surface area contributed by atoms with Gasteiger partial charge in [0.25, 0.3) is 0 Å². The first-order chi connectivity index (χ1) is 10.4. The van der Waals surface area contributed by atoms with Gasteiger partial charge in [-0.2, -0.15) is 0 Å². The highest BCUT2D eigenvalue weighted by Crippen LogP contribution is 2.18. The van der Waals surface area contributed by atoms with Gasteiger partial charge in [-0.1, -0.05) is 0 Å². The Labute approximate surface area is 156 Å². The third kappa shape index (κ3) is 6.46. The largest absolute Gasteiger partial charge is 0.314 e. The number of hydrogen-bond acceptors (Lipinski definition) is 4. The molecule has 0 amide bonds. The monoisotopic (exact) mass is 401 g/mol. The molecule has 1 aromatic rings. The lowest BCUT2D eigenvalue weighted by Crippen LogP contribution is -2.44. The number of piperazine rings is 1. The molecule has 1 aliphatic rings. The van der Waals surface area contributed by atoms with E-state index in [0.717, 1.165) is 39.1 Å². The first-order valence-corrected chi connectivity index (χ1v) is 9.08. The molecule has 0 radical (unpaired) electrons. The molecule has 5 nitrogen and oxygen atoms in total. The zero-order valence-electron chi connectivity index (χ0n) is 14.0. The Morgan fingerprint density at radius 1 is 1.17 bits per heavy atom. The summed E-state index contributed by atoms with van der Waals surface area (Å²) in [5, 5.41) is 3.28. The van der Waals surface area contributed by atoms with E-state index in [9.17, 15) is 12.8 Å². The second-order valence-corrected chi connectivity index (χ2v) is 7.48. The van der Waals surface area contributed by atoms with E-state index < -0.39 is 10.0 Å². The van der Waals surface area contributed by atoms with Crippen LogP contribution in [-0.2, 0) is 10.0 Å². The van der Waals surface area contributed by atoms with Gasteiger partial charge in [-0.25, -0.2) is 17.5 Å². The van der Waals surface area contributed by atoms with Gasteiger partial charge in [0.15, 0.2) is 0 Å². The van der Waals surface area contributed by atoms with Crippen LogP contribution in [0.3, 0.4) is 0 Å². The molecule has 0 atom stereocenters. The summed E-state index contributed by atoms with van der Waals surface area (Å²) in [5.41, 5.74) is 0.697. The summed E-state index contributed by atoms with van der Waals surface area (Å²) < 4.78 is 40.7. The van der Waals surface area contributed by atoms with E-state index in [4.69, 9.17) is 0 Å². The third-order valence-electron chi connectivity index (χ3n) is 3.87. The highest BCUT2D eigenvalue weighted by Gasteiger charge is 2.17.